The third-order valence-electron chi connectivity index (χ3n) is 9.79. The van der Waals surface area contributed by atoms with E-state index in [4.69, 9.17) is 0 Å². The molecule has 9 nitrogen and oxygen atoms in total. The van der Waals surface area contributed by atoms with Crippen LogP contribution in [0, 0.1) is 17.7 Å². The Bertz CT molecular complexity index is 1170. The summed E-state index contributed by atoms with van der Waals surface area (Å²) in [6.07, 6.45) is 1.19. The second kappa shape index (κ2) is 12.7. The molecule has 1 aromatic rings. The molecular weight excluding hydrogens is 544 g/mol. The maximum Gasteiger partial charge on any atom is 0.253 e. The first-order valence-electron chi connectivity index (χ1n) is 15.3. The van der Waals surface area contributed by atoms with Crippen LogP contribution in [0.5, 0.6) is 0 Å². The molecule has 11 heteroatoms. The van der Waals surface area contributed by atoms with Crippen molar-refractivity contribution in [3.8, 4) is 0 Å². The van der Waals surface area contributed by atoms with Crippen LogP contribution in [0.2, 0.25) is 0 Å². The molecule has 0 aromatic heterocycles. The van der Waals surface area contributed by atoms with Crippen LogP contribution in [0.15, 0.2) is 24.3 Å². The number of hydrogen-bond donors (Lipinski definition) is 2. The zero-order valence-corrected chi connectivity index (χ0v) is 24.6. The highest BCUT2D eigenvalue weighted by Crippen LogP contribution is 2.34. The first kappa shape index (κ1) is 30.4. The fourth-order valence-corrected chi connectivity index (χ4v) is 7.19. The molecule has 4 saturated heterocycles. The Kier molecular flexibility index (Phi) is 9.15. The third-order valence-corrected chi connectivity index (χ3v) is 9.79. The van der Waals surface area contributed by atoms with Crippen LogP contribution in [-0.2, 0) is 14.4 Å². The number of nitrogens with zero attached hydrogens (tertiary/aromatic N) is 3. The van der Waals surface area contributed by atoms with Crippen molar-refractivity contribution in [3.63, 3.8) is 0 Å². The summed E-state index contributed by atoms with van der Waals surface area (Å²) in [5.74, 6) is -1.16. The largest absolute Gasteiger partial charge is 0.356 e. The predicted octanol–water partition coefficient (Wildman–Crippen LogP) is 2.50. The number of alkyl halides is 1. The van der Waals surface area contributed by atoms with Crippen molar-refractivity contribution in [2.75, 3.05) is 39.3 Å². The summed E-state index contributed by atoms with van der Waals surface area (Å²) in [5.41, 5.74) is -0.568. The number of hydrogen-bond acceptors (Lipinski definition) is 5. The Morgan fingerprint density at radius 3 is 2.40 bits per heavy atom. The maximum absolute atomic E-state index is 14.7. The van der Waals surface area contributed by atoms with E-state index in [1.54, 1.807) is 4.90 Å². The van der Waals surface area contributed by atoms with Gasteiger partial charge in [-0.2, -0.15) is 0 Å². The number of piperidine rings is 2. The molecule has 0 aliphatic carbocycles. The van der Waals surface area contributed by atoms with Gasteiger partial charge in [0.1, 0.15) is 18.0 Å². The van der Waals surface area contributed by atoms with Gasteiger partial charge < -0.3 is 25.3 Å². The van der Waals surface area contributed by atoms with E-state index in [0.29, 0.717) is 31.0 Å². The molecule has 4 aliphatic heterocycles. The number of carbonyl (C=O) groups is 4. The van der Waals surface area contributed by atoms with Gasteiger partial charge >= 0.3 is 0 Å². The lowest BCUT2D eigenvalue weighted by Gasteiger charge is -2.44. The predicted molar refractivity (Wildman–Crippen MR) is 153 cm³/mol. The highest BCUT2D eigenvalue weighted by molar-refractivity contribution is 5.94. The number of halogens is 2. The van der Waals surface area contributed by atoms with Crippen molar-refractivity contribution in [2.24, 2.45) is 11.8 Å². The number of benzene rings is 1. The van der Waals surface area contributed by atoms with E-state index in [1.165, 1.54) is 29.2 Å². The molecule has 4 heterocycles. The summed E-state index contributed by atoms with van der Waals surface area (Å²) < 4.78 is 28.1. The Hall–Kier alpha value is -3.08. The summed E-state index contributed by atoms with van der Waals surface area (Å²) in [5, 5.41) is 6.11. The van der Waals surface area contributed by atoms with Crippen LogP contribution in [-0.4, -0.2) is 101 Å². The molecule has 1 aromatic carbocycles. The van der Waals surface area contributed by atoms with Gasteiger partial charge in [0, 0.05) is 57.0 Å². The number of nitrogens with one attached hydrogen (secondary N) is 2. The molecule has 230 valence electrons. The zero-order chi connectivity index (χ0) is 30.0. The topological polar surface area (TPSA) is 102 Å². The van der Waals surface area contributed by atoms with Crippen LogP contribution in [0.1, 0.15) is 69.2 Å². The summed E-state index contributed by atoms with van der Waals surface area (Å²) in [6, 6.07) is 4.81. The normalized spacial score (nSPS) is 29.5. The monoisotopic (exact) mass is 587 g/mol. The lowest BCUT2D eigenvalue weighted by Crippen LogP contribution is -2.61. The fraction of sp³-hybridized carbons (Fsp3) is 0.677. The third kappa shape index (κ3) is 6.76. The molecule has 0 unspecified atom stereocenters. The first-order chi connectivity index (χ1) is 20.0. The number of rotatable bonds is 2. The second-order valence-electron chi connectivity index (χ2n) is 12.9. The van der Waals surface area contributed by atoms with Gasteiger partial charge in [0.05, 0.1) is 12.1 Å². The molecule has 4 atom stereocenters. The highest BCUT2D eigenvalue weighted by Gasteiger charge is 2.46. The van der Waals surface area contributed by atoms with Crippen LogP contribution >= 0.6 is 0 Å². The van der Waals surface area contributed by atoms with Crippen LogP contribution in [0.4, 0.5) is 8.78 Å². The van der Waals surface area contributed by atoms with Crippen molar-refractivity contribution in [1.29, 1.82) is 0 Å². The first-order valence-corrected chi connectivity index (χ1v) is 15.3. The summed E-state index contributed by atoms with van der Waals surface area (Å²) in [6.45, 7) is 6.99. The van der Waals surface area contributed by atoms with Gasteiger partial charge in [-0.1, -0.05) is 0 Å². The van der Waals surface area contributed by atoms with Gasteiger partial charge in [0.2, 0.25) is 17.7 Å². The van der Waals surface area contributed by atoms with Gasteiger partial charge in [-0.3, -0.25) is 19.2 Å². The standard InChI is InChI=1S/C31H43F2N5O4/c1-20(2)37-12-8-22-15-28(40)38-19-25(33)16-26(38)29(41)35-31(17-27(39)34-11-7-23(22)18-37)9-13-36(14-10-31)30(42)21-3-5-24(32)6-4-21/h3-6,20,22-23,25-26H,7-19H2,1-2H3,(H,34,39)(H,35,41)/t22-,23-,25-,26-/m0/s1. The van der Waals surface area contributed by atoms with Crippen molar-refractivity contribution in [3.05, 3.63) is 35.6 Å². The lowest BCUT2D eigenvalue weighted by atomic mass is 9.80. The SMILES string of the molecule is CC(C)N1CC[C@H]2CC(=O)N3C[C@@H](F)C[C@H]3C(=O)NC3(CCN(C(=O)c4ccc(F)cc4)CC3)CC(=O)NCC[C@H]2C1. The van der Waals surface area contributed by atoms with E-state index < -0.39 is 29.5 Å². The number of carbonyl (C=O) groups excluding carboxylic acids is 4. The Balaban J connectivity index is 1.34. The van der Waals surface area contributed by atoms with Gasteiger partial charge in [0.15, 0.2) is 0 Å². The summed E-state index contributed by atoms with van der Waals surface area (Å²) >= 11 is 0. The second-order valence-corrected chi connectivity index (χ2v) is 12.9. The highest BCUT2D eigenvalue weighted by atomic mass is 19.1. The van der Waals surface area contributed by atoms with Gasteiger partial charge in [-0.15, -0.1) is 0 Å². The Morgan fingerprint density at radius 2 is 1.71 bits per heavy atom. The smallest absolute Gasteiger partial charge is 0.253 e. The van der Waals surface area contributed by atoms with Crippen molar-refractivity contribution < 1.29 is 28.0 Å². The molecule has 42 heavy (non-hydrogen) atoms. The maximum atomic E-state index is 14.7. The number of likely N-dealkylation sites (tertiary alicyclic amines) is 2. The summed E-state index contributed by atoms with van der Waals surface area (Å²) in [4.78, 5) is 59.0. The minimum absolute atomic E-state index is 0.0310. The molecule has 4 fully saturated rings. The van der Waals surface area contributed by atoms with E-state index in [2.05, 4.69) is 29.4 Å². The molecule has 0 radical (unpaired) electrons. The van der Waals surface area contributed by atoms with Crippen molar-refractivity contribution in [1.82, 2.24) is 25.3 Å². The van der Waals surface area contributed by atoms with E-state index >= 15 is 0 Å². The molecular formula is C31H43F2N5O4. The van der Waals surface area contributed by atoms with Crippen LogP contribution in [0.3, 0.4) is 0 Å². The van der Waals surface area contributed by atoms with Gasteiger partial charge in [0.25, 0.3) is 5.91 Å². The molecule has 4 amide bonds. The fourth-order valence-electron chi connectivity index (χ4n) is 7.19. The van der Waals surface area contributed by atoms with Crippen molar-refractivity contribution >= 4 is 23.6 Å². The molecule has 1 spiro atoms. The van der Waals surface area contributed by atoms with E-state index in [9.17, 15) is 28.0 Å². The van der Waals surface area contributed by atoms with E-state index in [1.807, 2.05) is 0 Å². The molecule has 0 bridgehead atoms. The number of amides is 4. The average molecular weight is 588 g/mol. The molecule has 5 rings (SSSR count). The minimum Gasteiger partial charge on any atom is -0.356 e. The Labute approximate surface area is 246 Å². The molecule has 4 aliphatic rings. The van der Waals surface area contributed by atoms with E-state index in [0.717, 1.165) is 25.9 Å². The summed E-state index contributed by atoms with van der Waals surface area (Å²) in [7, 11) is 0. The van der Waals surface area contributed by atoms with Crippen LogP contribution in [0.25, 0.3) is 0 Å². The van der Waals surface area contributed by atoms with Crippen molar-refractivity contribution in [2.45, 2.75) is 82.6 Å². The number of fused-ring (bicyclic) bond motifs is 2. The molecule has 0 saturated carbocycles. The molecule has 2 N–H and O–H groups in total. The Morgan fingerprint density at radius 1 is 1.00 bits per heavy atom. The van der Waals surface area contributed by atoms with E-state index in [-0.39, 0.29) is 68.5 Å². The minimum atomic E-state index is -1.28. The van der Waals surface area contributed by atoms with Crippen LogP contribution < -0.4 is 10.6 Å². The van der Waals surface area contributed by atoms with Gasteiger partial charge in [-0.25, -0.2) is 8.78 Å². The quantitative estimate of drug-likeness (QED) is 0.554. The van der Waals surface area contributed by atoms with Gasteiger partial charge in [-0.05, 0) is 82.2 Å². The lowest BCUT2D eigenvalue weighted by molar-refractivity contribution is -0.141. The zero-order valence-electron chi connectivity index (χ0n) is 24.6. The average Bonchev–Trinajstić information content (AvgIpc) is 3.36.